The third-order valence-corrected chi connectivity index (χ3v) is 4.72. The predicted molar refractivity (Wildman–Crippen MR) is 81.7 cm³/mol. The minimum Gasteiger partial charge on any atom is -0.508 e. The molecule has 1 aliphatic rings. The van der Waals surface area contributed by atoms with E-state index in [-0.39, 0.29) is 11.4 Å². The first-order chi connectivity index (χ1) is 10.1. The summed E-state index contributed by atoms with van der Waals surface area (Å²) in [6, 6.07) is 5.76. The van der Waals surface area contributed by atoms with E-state index in [0.717, 1.165) is 24.0 Å². The highest BCUT2D eigenvalue weighted by atomic mass is 16.4. The Hall–Kier alpha value is -1.81. The molecule has 2 atom stereocenters. The van der Waals surface area contributed by atoms with Gasteiger partial charge in [-0.25, -0.2) is 4.79 Å². The molecule has 4 nitrogen and oxygen atoms in total. The standard InChI is InChI=1S/C17H21NO3/c1-11-5-3-4-8-18(11)10-13-9-16(20)21-17-12(2)15(19)7-6-14(13)17/h6-7,9,11,19H,3-5,8,10H2,1-2H3/p+1/t11-/m1/s1. The second-order valence-electron chi connectivity index (χ2n) is 6.16. The Labute approximate surface area is 124 Å². The lowest BCUT2D eigenvalue weighted by Crippen LogP contribution is -3.14. The van der Waals surface area contributed by atoms with Crippen molar-refractivity contribution < 1.29 is 14.4 Å². The van der Waals surface area contributed by atoms with E-state index in [4.69, 9.17) is 4.42 Å². The lowest BCUT2D eigenvalue weighted by Gasteiger charge is -2.30. The number of hydrogen-bond donors (Lipinski definition) is 2. The molecule has 112 valence electrons. The van der Waals surface area contributed by atoms with Crippen molar-refractivity contribution in [3.63, 3.8) is 0 Å². The third-order valence-electron chi connectivity index (χ3n) is 4.72. The summed E-state index contributed by atoms with van der Waals surface area (Å²) < 4.78 is 5.31. The SMILES string of the molecule is Cc1c(O)ccc2c(C[NH+]3CCCC[C@H]3C)cc(=O)oc12. The van der Waals surface area contributed by atoms with Gasteiger partial charge in [0.15, 0.2) is 0 Å². The second-order valence-corrected chi connectivity index (χ2v) is 6.16. The van der Waals surface area contributed by atoms with Gasteiger partial charge in [-0.1, -0.05) is 0 Å². The first-order valence-electron chi connectivity index (χ1n) is 7.66. The molecule has 21 heavy (non-hydrogen) atoms. The van der Waals surface area contributed by atoms with Crippen LogP contribution in [0.25, 0.3) is 11.0 Å². The van der Waals surface area contributed by atoms with Crippen LogP contribution in [0.5, 0.6) is 5.75 Å². The Balaban J connectivity index is 2.05. The summed E-state index contributed by atoms with van der Waals surface area (Å²) in [6.45, 7) is 6.05. The molecule has 0 aliphatic carbocycles. The maximum atomic E-state index is 11.8. The summed E-state index contributed by atoms with van der Waals surface area (Å²) >= 11 is 0. The van der Waals surface area contributed by atoms with Crippen LogP contribution in [-0.4, -0.2) is 17.7 Å². The molecule has 0 spiro atoms. The summed E-state index contributed by atoms with van der Waals surface area (Å²) in [6.07, 6.45) is 3.79. The van der Waals surface area contributed by atoms with Crippen molar-refractivity contribution in [3.05, 3.63) is 39.7 Å². The van der Waals surface area contributed by atoms with Gasteiger partial charge in [-0.3, -0.25) is 0 Å². The number of hydrogen-bond acceptors (Lipinski definition) is 3. The van der Waals surface area contributed by atoms with Crippen LogP contribution in [0.1, 0.15) is 37.3 Å². The molecule has 0 bridgehead atoms. The van der Waals surface area contributed by atoms with E-state index >= 15 is 0 Å². The number of phenols is 1. The van der Waals surface area contributed by atoms with Crippen LogP contribution in [0.2, 0.25) is 0 Å². The Bertz CT molecular complexity index is 720. The first kappa shape index (κ1) is 14.1. The van der Waals surface area contributed by atoms with Gasteiger partial charge in [0.1, 0.15) is 17.9 Å². The number of aryl methyl sites for hydroxylation is 1. The quantitative estimate of drug-likeness (QED) is 0.828. The van der Waals surface area contributed by atoms with Gasteiger partial charge >= 0.3 is 5.63 Å². The van der Waals surface area contributed by atoms with Crippen molar-refractivity contribution in [2.45, 2.75) is 45.7 Å². The van der Waals surface area contributed by atoms with E-state index in [9.17, 15) is 9.90 Å². The topological polar surface area (TPSA) is 54.9 Å². The number of likely N-dealkylation sites (tertiary alicyclic amines) is 1. The van der Waals surface area contributed by atoms with Gasteiger partial charge in [0.2, 0.25) is 0 Å². The first-order valence-corrected chi connectivity index (χ1v) is 7.66. The lowest BCUT2D eigenvalue weighted by molar-refractivity contribution is -0.941. The number of piperidine rings is 1. The fourth-order valence-electron chi connectivity index (χ4n) is 3.32. The average molecular weight is 288 g/mol. The number of benzene rings is 1. The highest BCUT2D eigenvalue weighted by Crippen LogP contribution is 2.27. The van der Waals surface area contributed by atoms with Crippen LogP contribution in [0, 0.1) is 6.92 Å². The van der Waals surface area contributed by atoms with Crippen molar-refractivity contribution in [2.75, 3.05) is 6.54 Å². The van der Waals surface area contributed by atoms with E-state index in [1.165, 1.54) is 24.2 Å². The molecule has 2 aromatic rings. The van der Waals surface area contributed by atoms with Gasteiger partial charge in [-0.05, 0) is 45.2 Å². The molecule has 4 heteroatoms. The molecule has 2 heterocycles. The van der Waals surface area contributed by atoms with Gasteiger partial charge in [0.25, 0.3) is 0 Å². The molecule has 1 unspecified atom stereocenters. The molecular formula is C17H22NO3+. The van der Waals surface area contributed by atoms with Crippen LogP contribution in [0.15, 0.2) is 27.4 Å². The van der Waals surface area contributed by atoms with Crippen molar-refractivity contribution in [3.8, 4) is 5.75 Å². The molecule has 1 aromatic carbocycles. The molecule has 1 fully saturated rings. The Morgan fingerprint density at radius 3 is 2.95 bits per heavy atom. The maximum absolute atomic E-state index is 11.8. The van der Waals surface area contributed by atoms with Gasteiger partial charge in [0.05, 0.1) is 12.6 Å². The van der Waals surface area contributed by atoms with E-state index < -0.39 is 0 Å². The van der Waals surface area contributed by atoms with Crippen molar-refractivity contribution in [1.29, 1.82) is 0 Å². The van der Waals surface area contributed by atoms with Gasteiger partial charge in [-0.15, -0.1) is 0 Å². The summed E-state index contributed by atoms with van der Waals surface area (Å²) in [5.41, 5.74) is 1.83. The van der Waals surface area contributed by atoms with E-state index in [0.29, 0.717) is 17.2 Å². The third kappa shape index (κ3) is 2.68. The van der Waals surface area contributed by atoms with E-state index in [1.54, 1.807) is 19.1 Å². The van der Waals surface area contributed by atoms with Gasteiger partial charge in [0, 0.05) is 22.6 Å². The Morgan fingerprint density at radius 1 is 1.38 bits per heavy atom. The Kier molecular flexibility index (Phi) is 3.72. The van der Waals surface area contributed by atoms with E-state index in [2.05, 4.69) is 6.92 Å². The predicted octanol–water partition coefficient (Wildman–Crippen LogP) is 1.76. The van der Waals surface area contributed by atoms with Gasteiger partial charge < -0.3 is 14.4 Å². The summed E-state index contributed by atoms with van der Waals surface area (Å²) in [5, 5.41) is 10.7. The normalized spacial score (nSPS) is 22.6. The van der Waals surface area contributed by atoms with Crippen molar-refractivity contribution in [2.24, 2.45) is 0 Å². The zero-order valence-electron chi connectivity index (χ0n) is 12.6. The van der Waals surface area contributed by atoms with Crippen molar-refractivity contribution >= 4 is 11.0 Å². The fraction of sp³-hybridized carbons (Fsp3) is 0.471. The summed E-state index contributed by atoms with van der Waals surface area (Å²) in [5.74, 6) is 0.168. The number of nitrogens with one attached hydrogen (secondary N) is 1. The monoisotopic (exact) mass is 288 g/mol. The zero-order chi connectivity index (χ0) is 15.0. The smallest absolute Gasteiger partial charge is 0.336 e. The van der Waals surface area contributed by atoms with Crippen LogP contribution in [0.3, 0.4) is 0 Å². The molecule has 3 rings (SSSR count). The molecule has 2 N–H and O–H groups in total. The number of phenolic OH excluding ortho intramolecular Hbond substituents is 1. The second kappa shape index (κ2) is 5.53. The largest absolute Gasteiger partial charge is 0.508 e. The van der Waals surface area contributed by atoms with Crippen molar-refractivity contribution in [1.82, 2.24) is 0 Å². The molecule has 0 radical (unpaired) electrons. The molecular weight excluding hydrogens is 266 g/mol. The van der Waals surface area contributed by atoms with Crippen LogP contribution < -0.4 is 10.5 Å². The molecule has 1 saturated heterocycles. The van der Waals surface area contributed by atoms with Crippen LogP contribution in [-0.2, 0) is 6.54 Å². The molecule has 1 aliphatic heterocycles. The zero-order valence-corrected chi connectivity index (χ0v) is 12.6. The summed E-state index contributed by atoms with van der Waals surface area (Å²) in [4.78, 5) is 13.4. The number of quaternary nitrogens is 1. The average Bonchev–Trinajstić information content (AvgIpc) is 2.46. The van der Waals surface area contributed by atoms with E-state index in [1.807, 2.05) is 6.07 Å². The Morgan fingerprint density at radius 2 is 2.19 bits per heavy atom. The number of fused-ring (bicyclic) bond motifs is 1. The highest BCUT2D eigenvalue weighted by Gasteiger charge is 2.23. The lowest BCUT2D eigenvalue weighted by atomic mass is 10.0. The minimum atomic E-state index is -0.338. The van der Waals surface area contributed by atoms with Crippen LogP contribution in [0.4, 0.5) is 0 Å². The molecule has 1 aromatic heterocycles. The summed E-state index contributed by atoms with van der Waals surface area (Å²) in [7, 11) is 0. The van der Waals surface area contributed by atoms with Gasteiger partial charge in [-0.2, -0.15) is 0 Å². The molecule has 0 saturated carbocycles. The number of aromatic hydroxyl groups is 1. The fourth-order valence-corrected chi connectivity index (χ4v) is 3.32. The number of rotatable bonds is 2. The minimum absolute atomic E-state index is 0.168. The van der Waals surface area contributed by atoms with Crippen LogP contribution >= 0.6 is 0 Å². The maximum Gasteiger partial charge on any atom is 0.336 e. The molecule has 0 amide bonds. The highest BCUT2D eigenvalue weighted by molar-refractivity contribution is 5.84.